The highest BCUT2D eigenvalue weighted by molar-refractivity contribution is 7.09. The molecule has 2 aromatic rings. The summed E-state index contributed by atoms with van der Waals surface area (Å²) >= 11 is 1.64. The van der Waals surface area contributed by atoms with Crippen molar-refractivity contribution in [2.45, 2.75) is 38.5 Å². The summed E-state index contributed by atoms with van der Waals surface area (Å²) in [6.45, 7) is 3.69. The minimum absolute atomic E-state index is 0.256. The number of aryl methyl sites for hydroxylation is 2. The summed E-state index contributed by atoms with van der Waals surface area (Å²) in [6, 6.07) is 2.01. The van der Waals surface area contributed by atoms with Gasteiger partial charge in [-0.25, -0.2) is 4.98 Å². The molecule has 0 saturated carbocycles. The smallest absolute Gasteiger partial charge is 0.222 e. The molecule has 6 heteroatoms. The zero-order valence-electron chi connectivity index (χ0n) is 12.2. The van der Waals surface area contributed by atoms with E-state index in [4.69, 9.17) is 0 Å². The van der Waals surface area contributed by atoms with Crippen molar-refractivity contribution in [2.75, 3.05) is 13.1 Å². The van der Waals surface area contributed by atoms with Gasteiger partial charge in [0.2, 0.25) is 5.91 Å². The van der Waals surface area contributed by atoms with Crippen LogP contribution in [-0.4, -0.2) is 39.1 Å². The summed E-state index contributed by atoms with van der Waals surface area (Å²) in [4.78, 5) is 19.9. The quantitative estimate of drug-likeness (QED) is 0.944. The van der Waals surface area contributed by atoms with Gasteiger partial charge in [0.05, 0.1) is 11.2 Å². The molecule has 1 aliphatic heterocycles. The zero-order chi connectivity index (χ0) is 14.7. The van der Waals surface area contributed by atoms with E-state index >= 15 is 0 Å². The number of carbonyl (C=O) groups is 1. The highest BCUT2D eigenvalue weighted by Gasteiger charge is 2.25. The average Bonchev–Trinajstić information content (AvgIpc) is 3.16. The van der Waals surface area contributed by atoms with E-state index in [9.17, 15) is 4.79 Å². The maximum atomic E-state index is 12.4. The van der Waals surface area contributed by atoms with E-state index in [0.717, 1.165) is 43.7 Å². The molecule has 1 N–H and O–H groups in total. The molecule has 1 amide bonds. The molecule has 1 fully saturated rings. The van der Waals surface area contributed by atoms with Gasteiger partial charge in [-0.3, -0.25) is 9.89 Å². The van der Waals surface area contributed by atoms with Crippen LogP contribution >= 0.6 is 11.3 Å². The molecular formula is C15H20N4OS. The molecular weight excluding hydrogens is 284 g/mol. The molecule has 21 heavy (non-hydrogen) atoms. The minimum Gasteiger partial charge on any atom is -0.342 e. The molecule has 3 heterocycles. The molecule has 1 aliphatic rings. The van der Waals surface area contributed by atoms with E-state index < -0.39 is 0 Å². The summed E-state index contributed by atoms with van der Waals surface area (Å²) < 4.78 is 0. The van der Waals surface area contributed by atoms with Crippen LogP contribution in [0.2, 0.25) is 0 Å². The summed E-state index contributed by atoms with van der Waals surface area (Å²) in [6.07, 6.45) is 5.36. The number of likely N-dealkylation sites (tertiary alicyclic amines) is 1. The molecule has 0 bridgehead atoms. The lowest BCUT2D eigenvalue weighted by atomic mass is 9.94. The van der Waals surface area contributed by atoms with Crippen LogP contribution < -0.4 is 0 Å². The number of hydrogen-bond donors (Lipinski definition) is 1. The first-order valence-electron chi connectivity index (χ1n) is 7.40. The third-order valence-electron chi connectivity index (χ3n) is 4.15. The minimum atomic E-state index is 0.256. The topological polar surface area (TPSA) is 61.9 Å². The Hall–Kier alpha value is -1.69. The fourth-order valence-electron chi connectivity index (χ4n) is 2.90. The van der Waals surface area contributed by atoms with E-state index in [-0.39, 0.29) is 5.91 Å². The predicted octanol–water partition coefficient (Wildman–Crippen LogP) is 2.51. The molecule has 0 aromatic carbocycles. The Balaban J connectivity index is 1.56. The maximum absolute atomic E-state index is 12.4. The summed E-state index contributed by atoms with van der Waals surface area (Å²) in [5.41, 5.74) is 4.05. The van der Waals surface area contributed by atoms with E-state index in [1.807, 2.05) is 23.4 Å². The Morgan fingerprint density at radius 3 is 3.19 bits per heavy atom. The van der Waals surface area contributed by atoms with Crippen molar-refractivity contribution in [1.29, 1.82) is 0 Å². The van der Waals surface area contributed by atoms with Crippen molar-refractivity contribution in [2.24, 2.45) is 0 Å². The van der Waals surface area contributed by atoms with Gasteiger partial charge in [0.25, 0.3) is 0 Å². The normalized spacial score (nSPS) is 18.9. The summed E-state index contributed by atoms with van der Waals surface area (Å²) in [5.74, 6) is 0.655. The van der Waals surface area contributed by atoms with Crippen LogP contribution in [0.5, 0.6) is 0 Å². The number of nitrogens with one attached hydrogen (secondary N) is 1. The fraction of sp³-hybridized carbons (Fsp3) is 0.533. The molecule has 0 unspecified atom stereocenters. The van der Waals surface area contributed by atoms with Crippen LogP contribution in [0, 0.1) is 6.92 Å². The van der Waals surface area contributed by atoms with Crippen molar-refractivity contribution in [3.8, 4) is 0 Å². The van der Waals surface area contributed by atoms with Gasteiger partial charge in [-0.05, 0) is 32.3 Å². The lowest BCUT2D eigenvalue weighted by Crippen LogP contribution is -2.39. The molecule has 3 rings (SSSR count). The van der Waals surface area contributed by atoms with Gasteiger partial charge in [-0.15, -0.1) is 11.3 Å². The van der Waals surface area contributed by atoms with Crippen LogP contribution in [0.3, 0.4) is 0 Å². The Labute approximate surface area is 128 Å². The van der Waals surface area contributed by atoms with E-state index in [1.54, 1.807) is 17.5 Å². The van der Waals surface area contributed by atoms with Gasteiger partial charge < -0.3 is 4.90 Å². The second-order valence-electron chi connectivity index (χ2n) is 5.55. The second-order valence-corrected chi connectivity index (χ2v) is 6.49. The number of H-pyrrole nitrogens is 1. The van der Waals surface area contributed by atoms with Gasteiger partial charge in [-0.1, -0.05) is 0 Å². The van der Waals surface area contributed by atoms with E-state index in [2.05, 4.69) is 15.2 Å². The number of thiazole rings is 1. The first-order chi connectivity index (χ1) is 10.2. The number of amides is 1. The molecule has 0 radical (unpaired) electrons. The first kappa shape index (κ1) is 14.3. The van der Waals surface area contributed by atoms with Gasteiger partial charge in [0.15, 0.2) is 0 Å². The molecule has 1 atom stereocenters. The first-order valence-corrected chi connectivity index (χ1v) is 8.28. The third-order valence-corrected chi connectivity index (χ3v) is 5.14. The Kier molecular flexibility index (Phi) is 4.34. The van der Waals surface area contributed by atoms with Crippen LogP contribution in [-0.2, 0) is 11.2 Å². The number of aromatic amines is 1. The molecule has 1 saturated heterocycles. The molecule has 0 aliphatic carbocycles. The molecule has 0 spiro atoms. The van der Waals surface area contributed by atoms with Crippen molar-refractivity contribution >= 4 is 17.2 Å². The van der Waals surface area contributed by atoms with Crippen LogP contribution in [0.1, 0.15) is 41.4 Å². The van der Waals surface area contributed by atoms with Crippen molar-refractivity contribution < 1.29 is 4.79 Å². The van der Waals surface area contributed by atoms with Crippen molar-refractivity contribution in [3.05, 3.63) is 34.0 Å². The monoisotopic (exact) mass is 304 g/mol. The number of nitrogens with zero attached hydrogens (tertiary/aromatic N) is 3. The number of carbonyl (C=O) groups excluding carboxylic acids is 1. The van der Waals surface area contributed by atoms with Gasteiger partial charge in [0.1, 0.15) is 0 Å². The lowest BCUT2D eigenvalue weighted by Gasteiger charge is -2.32. The van der Waals surface area contributed by atoms with Crippen LogP contribution in [0.15, 0.2) is 17.8 Å². The summed E-state index contributed by atoms with van der Waals surface area (Å²) in [7, 11) is 0. The Morgan fingerprint density at radius 1 is 1.57 bits per heavy atom. The SMILES string of the molecule is Cc1ncsc1CCC(=O)N1CCC[C@@H](c2ccn[nH]2)C1. The van der Waals surface area contributed by atoms with Crippen molar-refractivity contribution in [1.82, 2.24) is 20.1 Å². The third kappa shape index (κ3) is 3.32. The number of hydrogen-bond acceptors (Lipinski definition) is 4. The second kappa shape index (κ2) is 6.39. The van der Waals surface area contributed by atoms with Crippen LogP contribution in [0.25, 0.3) is 0 Å². The van der Waals surface area contributed by atoms with Crippen molar-refractivity contribution in [3.63, 3.8) is 0 Å². The number of piperidine rings is 1. The highest BCUT2D eigenvalue weighted by Crippen LogP contribution is 2.26. The van der Waals surface area contributed by atoms with Gasteiger partial charge in [0, 0.05) is 42.2 Å². The number of aromatic nitrogens is 3. The molecule has 112 valence electrons. The fourth-order valence-corrected chi connectivity index (χ4v) is 3.68. The number of rotatable bonds is 4. The average molecular weight is 304 g/mol. The van der Waals surface area contributed by atoms with Gasteiger partial charge >= 0.3 is 0 Å². The summed E-state index contributed by atoms with van der Waals surface area (Å²) in [5, 5.41) is 7.05. The van der Waals surface area contributed by atoms with E-state index in [0.29, 0.717) is 12.3 Å². The van der Waals surface area contributed by atoms with Gasteiger partial charge in [-0.2, -0.15) is 5.10 Å². The zero-order valence-corrected chi connectivity index (χ0v) is 13.0. The maximum Gasteiger partial charge on any atom is 0.222 e. The Bertz CT molecular complexity index is 593. The molecule has 5 nitrogen and oxygen atoms in total. The molecule has 2 aromatic heterocycles. The largest absolute Gasteiger partial charge is 0.342 e. The Morgan fingerprint density at radius 2 is 2.48 bits per heavy atom. The highest BCUT2D eigenvalue weighted by atomic mass is 32.1. The standard InChI is InChI=1S/C15H20N4OS/c1-11-14(21-10-16-11)4-5-15(20)19-8-2-3-12(9-19)13-6-7-17-18-13/h6-7,10,12H,2-5,8-9H2,1H3,(H,17,18)/t12-/m1/s1. The lowest BCUT2D eigenvalue weighted by molar-refractivity contribution is -0.132. The van der Waals surface area contributed by atoms with Crippen LogP contribution in [0.4, 0.5) is 0 Å². The van der Waals surface area contributed by atoms with E-state index in [1.165, 1.54) is 4.88 Å². The predicted molar refractivity (Wildman–Crippen MR) is 82.3 cm³/mol.